The van der Waals surface area contributed by atoms with Crippen molar-refractivity contribution >= 4 is 29.0 Å². The van der Waals surface area contributed by atoms with Crippen LogP contribution in [0.5, 0.6) is 0 Å². The number of anilines is 1. The van der Waals surface area contributed by atoms with Gasteiger partial charge in [0.15, 0.2) is 0 Å². The van der Waals surface area contributed by atoms with Gasteiger partial charge >= 0.3 is 5.97 Å². The van der Waals surface area contributed by atoms with Gasteiger partial charge in [0.05, 0.1) is 22.0 Å². The second-order valence-corrected chi connectivity index (χ2v) is 4.45. The number of aromatic nitrogens is 1. The Hall–Kier alpha value is -2.40. The van der Waals surface area contributed by atoms with Gasteiger partial charge in [-0.15, -0.1) is 0 Å². The van der Waals surface area contributed by atoms with Gasteiger partial charge in [-0.1, -0.05) is 11.6 Å². The van der Waals surface area contributed by atoms with Crippen molar-refractivity contribution < 1.29 is 9.90 Å². The predicted octanol–water partition coefficient (Wildman–Crippen LogP) is 3.27. The lowest BCUT2D eigenvalue weighted by molar-refractivity contribution is 0.0697. The number of carboxylic acids is 1. The van der Waals surface area contributed by atoms with Crippen LogP contribution in [0.4, 0.5) is 5.69 Å². The molecule has 20 heavy (non-hydrogen) atoms. The van der Waals surface area contributed by atoms with Crippen LogP contribution in [-0.2, 0) is 0 Å². The molecule has 2 rings (SSSR count). The molecular weight excluding hydrogens is 278 g/mol. The number of halogens is 1. The number of carboxylic acid groups (broad SMARTS) is 1. The number of hydrogen-bond acceptors (Lipinski definition) is 4. The van der Waals surface area contributed by atoms with Gasteiger partial charge in [0.2, 0.25) is 0 Å². The molecule has 0 saturated carbocycles. The van der Waals surface area contributed by atoms with E-state index in [2.05, 4.69) is 15.5 Å². The zero-order chi connectivity index (χ0) is 14.5. The molecule has 1 heterocycles. The van der Waals surface area contributed by atoms with Crippen molar-refractivity contribution in [2.24, 2.45) is 5.10 Å². The van der Waals surface area contributed by atoms with Crippen LogP contribution in [0.3, 0.4) is 0 Å². The van der Waals surface area contributed by atoms with Crippen molar-refractivity contribution in [1.82, 2.24) is 4.98 Å². The quantitative estimate of drug-likeness (QED) is 0.669. The van der Waals surface area contributed by atoms with Crippen molar-refractivity contribution in [3.05, 3.63) is 58.9 Å². The molecular formula is C14H12ClN3O2. The summed E-state index contributed by atoms with van der Waals surface area (Å²) in [5.41, 5.74) is 5.10. The molecule has 5 nitrogen and oxygen atoms in total. The summed E-state index contributed by atoms with van der Waals surface area (Å²) in [6, 6.07) is 8.30. The van der Waals surface area contributed by atoms with E-state index in [9.17, 15) is 4.79 Å². The molecule has 0 aliphatic carbocycles. The zero-order valence-electron chi connectivity index (χ0n) is 10.7. The van der Waals surface area contributed by atoms with Gasteiger partial charge in [0.25, 0.3) is 0 Å². The van der Waals surface area contributed by atoms with E-state index in [0.29, 0.717) is 5.69 Å². The topological polar surface area (TPSA) is 74.6 Å². The molecule has 0 saturated heterocycles. The van der Waals surface area contributed by atoms with Crippen LogP contribution in [0, 0.1) is 0 Å². The SMILES string of the molecule is C/C(=N/Nc1ccc(Cl)c(C(=O)O)c1)c1ccncc1. The smallest absolute Gasteiger partial charge is 0.337 e. The van der Waals surface area contributed by atoms with Crippen LogP contribution in [0.1, 0.15) is 22.8 Å². The first-order valence-electron chi connectivity index (χ1n) is 5.81. The molecule has 102 valence electrons. The third kappa shape index (κ3) is 3.33. The minimum absolute atomic E-state index is 0.0356. The highest BCUT2D eigenvalue weighted by Gasteiger charge is 2.09. The van der Waals surface area contributed by atoms with Gasteiger partial charge in [0.1, 0.15) is 0 Å². The third-order valence-electron chi connectivity index (χ3n) is 2.65. The Morgan fingerprint density at radius 2 is 2.00 bits per heavy atom. The van der Waals surface area contributed by atoms with E-state index in [1.54, 1.807) is 18.5 Å². The molecule has 1 aromatic heterocycles. The van der Waals surface area contributed by atoms with E-state index in [1.165, 1.54) is 12.1 Å². The Labute approximate surface area is 120 Å². The number of hydrazone groups is 1. The van der Waals surface area contributed by atoms with Crippen LogP contribution in [0.15, 0.2) is 47.8 Å². The maximum atomic E-state index is 11.0. The number of aromatic carboxylic acids is 1. The second-order valence-electron chi connectivity index (χ2n) is 4.04. The van der Waals surface area contributed by atoms with E-state index in [0.717, 1.165) is 11.3 Å². The molecule has 0 amide bonds. The van der Waals surface area contributed by atoms with E-state index in [1.807, 2.05) is 19.1 Å². The molecule has 0 bridgehead atoms. The second kappa shape index (κ2) is 6.16. The highest BCUT2D eigenvalue weighted by Crippen LogP contribution is 2.20. The zero-order valence-corrected chi connectivity index (χ0v) is 11.4. The summed E-state index contributed by atoms with van der Waals surface area (Å²) in [5.74, 6) is -1.08. The lowest BCUT2D eigenvalue weighted by Crippen LogP contribution is -2.02. The first-order valence-corrected chi connectivity index (χ1v) is 6.19. The fraction of sp³-hybridized carbons (Fsp3) is 0.0714. The number of hydrogen-bond donors (Lipinski definition) is 2. The van der Waals surface area contributed by atoms with Gasteiger partial charge < -0.3 is 5.11 Å². The highest BCUT2D eigenvalue weighted by atomic mass is 35.5. The van der Waals surface area contributed by atoms with E-state index in [-0.39, 0.29) is 10.6 Å². The Balaban J connectivity index is 2.19. The number of rotatable bonds is 4. The van der Waals surface area contributed by atoms with E-state index < -0.39 is 5.97 Å². The highest BCUT2D eigenvalue weighted by molar-refractivity contribution is 6.33. The first kappa shape index (κ1) is 14.0. The van der Waals surface area contributed by atoms with Crippen LogP contribution in [0.25, 0.3) is 0 Å². The first-order chi connectivity index (χ1) is 9.58. The van der Waals surface area contributed by atoms with Crippen LogP contribution < -0.4 is 5.43 Å². The normalized spacial score (nSPS) is 11.2. The number of nitrogens with one attached hydrogen (secondary N) is 1. The Morgan fingerprint density at radius 3 is 2.65 bits per heavy atom. The average Bonchev–Trinajstić information content (AvgIpc) is 2.46. The van der Waals surface area contributed by atoms with Gasteiger partial charge in [-0.3, -0.25) is 10.4 Å². The summed E-state index contributed by atoms with van der Waals surface area (Å²) >= 11 is 5.80. The van der Waals surface area contributed by atoms with Crippen LogP contribution >= 0.6 is 11.6 Å². The molecule has 0 aliphatic heterocycles. The van der Waals surface area contributed by atoms with E-state index >= 15 is 0 Å². The molecule has 0 radical (unpaired) electrons. The lowest BCUT2D eigenvalue weighted by Gasteiger charge is -2.05. The summed E-state index contributed by atoms with van der Waals surface area (Å²) in [6.07, 6.45) is 3.36. The molecule has 6 heteroatoms. The maximum absolute atomic E-state index is 11.0. The summed E-state index contributed by atoms with van der Waals surface area (Å²) in [7, 11) is 0. The fourth-order valence-corrected chi connectivity index (χ4v) is 1.76. The van der Waals surface area contributed by atoms with Gasteiger partial charge in [-0.05, 0) is 37.3 Å². The van der Waals surface area contributed by atoms with Crippen LogP contribution in [-0.4, -0.2) is 21.8 Å². The minimum Gasteiger partial charge on any atom is -0.478 e. The summed E-state index contributed by atoms with van der Waals surface area (Å²) < 4.78 is 0. The van der Waals surface area contributed by atoms with Crippen molar-refractivity contribution in [3.63, 3.8) is 0 Å². The van der Waals surface area contributed by atoms with E-state index in [4.69, 9.17) is 16.7 Å². The Kier molecular flexibility index (Phi) is 4.32. The predicted molar refractivity (Wildman–Crippen MR) is 78.5 cm³/mol. The van der Waals surface area contributed by atoms with Crippen molar-refractivity contribution in [1.29, 1.82) is 0 Å². The minimum atomic E-state index is -1.08. The molecule has 0 spiro atoms. The van der Waals surface area contributed by atoms with Crippen molar-refractivity contribution in [3.8, 4) is 0 Å². The molecule has 2 aromatic rings. The number of carbonyl (C=O) groups is 1. The Morgan fingerprint density at radius 1 is 1.30 bits per heavy atom. The van der Waals surface area contributed by atoms with Gasteiger partial charge in [0, 0.05) is 18.0 Å². The average molecular weight is 290 g/mol. The number of pyridine rings is 1. The number of benzene rings is 1. The van der Waals surface area contributed by atoms with Gasteiger partial charge in [-0.2, -0.15) is 5.10 Å². The summed E-state index contributed by atoms with van der Waals surface area (Å²) in [6.45, 7) is 1.84. The molecule has 0 aliphatic rings. The summed E-state index contributed by atoms with van der Waals surface area (Å²) in [5, 5.41) is 13.4. The largest absolute Gasteiger partial charge is 0.478 e. The molecule has 0 fully saturated rings. The molecule has 0 unspecified atom stereocenters. The molecule has 2 N–H and O–H groups in total. The molecule has 1 aromatic carbocycles. The lowest BCUT2D eigenvalue weighted by atomic mass is 10.2. The third-order valence-corrected chi connectivity index (χ3v) is 2.98. The standard InChI is InChI=1S/C14H12ClN3O2/c1-9(10-4-6-16-7-5-10)17-18-11-2-3-13(15)12(8-11)14(19)20/h2-8,18H,1H3,(H,19,20)/b17-9-. The maximum Gasteiger partial charge on any atom is 0.337 e. The summed E-state index contributed by atoms with van der Waals surface area (Å²) in [4.78, 5) is 14.9. The number of nitrogens with zero attached hydrogens (tertiary/aromatic N) is 2. The van der Waals surface area contributed by atoms with Crippen LogP contribution in [0.2, 0.25) is 5.02 Å². The van der Waals surface area contributed by atoms with Crippen molar-refractivity contribution in [2.75, 3.05) is 5.43 Å². The fourth-order valence-electron chi connectivity index (χ4n) is 1.56. The van der Waals surface area contributed by atoms with Gasteiger partial charge in [-0.25, -0.2) is 4.79 Å². The monoisotopic (exact) mass is 289 g/mol. The van der Waals surface area contributed by atoms with Crippen molar-refractivity contribution in [2.45, 2.75) is 6.92 Å². The molecule has 0 atom stereocenters. The Bertz CT molecular complexity index is 657.